The van der Waals surface area contributed by atoms with Crippen LogP contribution < -0.4 is 5.73 Å². The normalized spacial score (nSPS) is 20.6. The third-order valence-corrected chi connectivity index (χ3v) is 6.55. The molecule has 1 aliphatic heterocycles. The van der Waals surface area contributed by atoms with Gasteiger partial charge in [-0.25, -0.2) is 0 Å². The predicted octanol–water partition coefficient (Wildman–Crippen LogP) is 3.35. The number of rotatable bonds is 6. The number of nitrogens with zero attached hydrogens (tertiary/aromatic N) is 2. The number of benzene rings is 1. The average molecular weight is 386 g/mol. The van der Waals surface area contributed by atoms with Crippen molar-refractivity contribution >= 4 is 11.8 Å². The van der Waals surface area contributed by atoms with E-state index in [2.05, 4.69) is 0 Å². The van der Waals surface area contributed by atoms with Crippen LogP contribution in [0.3, 0.4) is 0 Å². The zero-order chi connectivity index (χ0) is 19.9. The number of carbonyl (C=O) groups is 2. The zero-order valence-corrected chi connectivity index (χ0v) is 17.2. The third kappa shape index (κ3) is 5.34. The molecule has 28 heavy (non-hydrogen) atoms. The smallest absolute Gasteiger partial charge is 0.227 e. The SMILES string of the molecule is CC(C(=O)N1CCN(C(=O)CCC2CCCCC2)CC1)C(N)c1ccccc1. The van der Waals surface area contributed by atoms with Crippen LogP contribution in [-0.2, 0) is 9.59 Å². The summed E-state index contributed by atoms with van der Waals surface area (Å²) in [6.45, 7) is 4.41. The molecule has 2 aliphatic rings. The summed E-state index contributed by atoms with van der Waals surface area (Å²) in [6, 6.07) is 9.49. The maximum absolute atomic E-state index is 12.9. The molecule has 2 N–H and O–H groups in total. The Labute approximate surface area is 169 Å². The molecule has 1 saturated carbocycles. The Kier molecular flexibility index (Phi) is 7.49. The summed E-state index contributed by atoms with van der Waals surface area (Å²) in [6.07, 6.45) is 8.26. The fourth-order valence-corrected chi connectivity index (χ4v) is 4.54. The fourth-order valence-electron chi connectivity index (χ4n) is 4.54. The first kappa shape index (κ1) is 20.8. The summed E-state index contributed by atoms with van der Waals surface area (Å²) in [4.78, 5) is 29.2. The molecule has 1 aliphatic carbocycles. The van der Waals surface area contributed by atoms with Gasteiger partial charge >= 0.3 is 0 Å². The number of hydrogen-bond donors (Lipinski definition) is 1. The van der Waals surface area contributed by atoms with Crippen LogP contribution in [0.1, 0.15) is 63.5 Å². The monoisotopic (exact) mass is 385 g/mol. The molecule has 0 radical (unpaired) electrons. The Morgan fingerprint density at radius 3 is 2.25 bits per heavy atom. The summed E-state index contributed by atoms with van der Waals surface area (Å²) in [5.74, 6) is 0.814. The summed E-state index contributed by atoms with van der Waals surface area (Å²) < 4.78 is 0. The van der Waals surface area contributed by atoms with Crippen molar-refractivity contribution < 1.29 is 9.59 Å². The highest BCUT2D eigenvalue weighted by Gasteiger charge is 2.30. The first-order chi connectivity index (χ1) is 13.6. The van der Waals surface area contributed by atoms with Gasteiger partial charge in [0.1, 0.15) is 0 Å². The van der Waals surface area contributed by atoms with Crippen molar-refractivity contribution in [1.82, 2.24) is 9.80 Å². The lowest BCUT2D eigenvalue weighted by Crippen LogP contribution is -2.52. The van der Waals surface area contributed by atoms with Crippen molar-refractivity contribution in [3.8, 4) is 0 Å². The summed E-state index contributed by atoms with van der Waals surface area (Å²) in [7, 11) is 0. The van der Waals surface area contributed by atoms with Gasteiger partial charge in [-0.3, -0.25) is 9.59 Å². The van der Waals surface area contributed by atoms with Crippen LogP contribution in [0.2, 0.25) is 0 Å². The van der Waals surface area contributed by atoms with Crippen molar-refractivity contribution in [1.29, 1.82) is 0 Å². The lowest BCUT2D eigenvalue weighted by Gasteiger charge is -2.37. The first-order valence-electron chi connectivity index (χ1n) is 10.9. The molecule has 2 atom stereocenters. The minimum absolute atomic E-state index is 0.0886. The van der Waals surface area contributed by atoms with Crippen molar-refractivity contribution in [3.05, 3.63) is 35.9 Å². The summed E-state index contributed by atoms with van der Waals surface area (Å²) >= 11 is 0. The van der Waals surface area contributed by atoms with Crippen molar-refractivity contribution in [3.63, 3.8) is 0 Å². The maximum atomic E-state index is 12.9. The molecule has 1 aromatic rings. The van der Waals surface area contributed by atoms with Crippen LogP contribution in [0.5, 0.6) is 0 Å². The highest BCUT2D eigenvalue weighted by Crippen LogP contribution is 2.27. The number of carbonyl (C=O) groups excluding carboxylic acids is 2. The molecule has 5 heteroatoms. The molecule has 3 rings (SSSR count). The molecule has 1 heterocycles. The summed E-state index contributed by atoms with van der Waals surface area (Å²) in [5.41, 5.74) is 7.31. The van der Waals surface area contributed by atoms with Crippen molar-refractivity contribution in [2.45, 2.75) is 57.9 Å². The molecule has 1 aromatic carbocycles. The van der Waals surface area contributed by atoms with Gasteiger partial charge in [-0.1, -0.05) is 69.4 Å². The average Bonchev–Trinajstić information content (AvgIpc) is 2.77. The molecular formula is C23H35N3O2. The van der Waals surface area contributed by atoms with E-state index in [9.17, 15) is 9.59 Å². The molecule has 1 saturated heterocycles. The van der Waals surface area contributed by atoms with Crippen LogP contribution in [-0.4, -0.2) is 47.8 Å². The Hall–Kier alpha value is -1.88. The van der Waals surface area contributed by atoms with Gasteiger partial charge < -0.3 is 15.5 Å². The minimum Gasteiger partial charge on any atom is -0.339 e. The van der Waals surface area contributed by atoms with Gasteiger partial charge in [0.15, 0.2) is 0 Å². The van der Waals surface area contributed by atoms with E-state index in [1.165, 1.54) is 32.1 Å². The summed E-state index contributed by atoms with van der Waals surface area (Å²) in [5, 5.41) is 0. The van der Waals surface area contributed by atoms with Gasteiger partial charge in [0, 0.05) is 38.6 Å². The van der Waals surface area contributed by atoms with E-state index < -0.39 is 0 Å². The van der Waals surface area contributed by atoms with E-state index in [0.29, 0.717) is 32.6 Å². The van der Waals surface area contributed by atoms with Gasteiger partial charge in [0.05, 0.1) is 5.92 Å². The van der Waals surface area contributed by atoms with E-state index in [1.807, 2.05) is 47.1 Å². The Balaban J connectivity index is 1.43. The van der Waals surface area contributed by atoms with Gasteiger partial charge in [-0.15, -0.1) is 0 Å². The Bertz CT molecular complexity index is 635. The second kappa shape index (κ2) is 10.1. The van der Waals surface area contributed by atoms with E-state index in [-0.39, 0.29) is 23.8 Å². The van der Waals surface area contributed by atoms with Gasteiger partial charge in [-0.05, 0) is 17.9 Å². The molecule has 2 amide bonds. The van der Waals surface area contributed by atoms with Gasteiger partial charge in [0.25, 0.3) is 0 Å². The molecule has 0 spiro atoms. The number of nitrogens with two attached hydrogens (primary N) is 1. The zero-order valence-electron chi connectivity index (χ0n) is 17.2. The topological polar surface area (TPSA) is 66.6 Å². The molecule has 0 aromatic heterocycles. The van der Waals surface area contributed by atoms with Gasteiger partial charge in [0.2, 0.25) is 11.8 Å². The first-order valence-corrected chi connectivity index (χ1v) is 10.9. The molecule has 154 valence electrons. The second-order valence-corrected chi connectivity index (χ2v) is 8.47. The Morgan fingerprint density at radius 1 is 1.00 bits per heavy atom. The third-order valence-electron chi connectivity index (χ3n) is 6.55. The molecule has 5 nitrogen and oxygen atoms in total. The van der Waals surface area contributed by atoms with Crippen LogP contribution in [0.15, 0.2) is 30.3 Å². The lowest BCUT2D eigenvalue weighted by molar-refractivity contribution is -0.142. The Morgan fingerprint density at radius 2 is 1.61 bits per heavy atom. The van der Waals surface area contributed by atoms with Crippen LogP contribution in [0, 0.1) is 11.8 Å². The molecule has 2 fully saturated rings. The molecule has 2 unspecified atom stereocenters. The largest absolute Gasteiger partial charge is 0.339 e. The fraction of sp³-hybridized carbons (Fsp3) is 0.652. The van der Waals surface area contributed by atoms with E-state index in [1.54, 1.807) is 0 Å². The van der Waals surface area contributed by atoms with Crippen LogP contribution in [0.25, 0.3) is 0 Å². The molecular weight excluding hydrogens is 350 g/mol. The van der Waals surface area contributed by atoms with Crippen LogP contribution >= 0.6 is 0 Å². The van der Waals surface area contributed by atoms with E-state index >= 15 is 0 Å². The highest BCUT2D eigenvalue weighted by molar-refractivity contribution is 5.80. The van der Waals surface area contributed by atoms with Crippen LogP contribution in [0.4, 0.5) is 0 Å². The number of amides is 2. The molecule has 0 bridgehead atoms. The predicted molar refractivity (Wildman–Crippen MR) is 112 cm³/mol. The highest BCUT2D eigenvalue weighted by atomic mass is 16.2. The number of hydrogen-bond acceptors (Lipinski definition) is 3. The lowest BCUT2D eigenvalue weighted by atomic mass is 9.86. The van der Waals surface area contributed by atoms with E-state index in [4.69, 9.17) is 5.73 Å². The number of piperazine rings is 1. The standard InChI is InChI=1S/C23H35N3O2/c1-18(22(24)20-10-6-3-7-11-20)23(28)26-16-14-25(15-17-26)21(27)13-12-19-8-4-2-5-9-19/h3,6-7,10-11,18-19,22H,2,4-5,8-9,12-17,24H2,1H3. The van der Waals surface area contributed by atoms with Crippen molar-refractivity contribution in [2.75, 3.05) is 26.2 Å². The quantitative estimate of drug-likeness (QED) is 0.816. The van der Waals surface area contributed by atoms with Crippen molar-refractivity contribution in [2.24, 2.45) is 17.6 Å². The van der Waals surface area contributed by atoms with E-state index in [0.717, 1.165) is 17.9 Å². The van der Waals surface area contributed by atoms with Gasteiger partial charge in [-0.2, -0.15) is 0 Å². The second-order valence-electron chi connectivity index (χ2n) is 8.47. The minimum atomic E-state index is -0.302. The maximum Gasteiger partial charge on any atom is 0.227 e.